The van der Waals surface area contributed by atoms with Crippen molar-refractivity contribution in [2.45, 2.75) is 13.3 Å². The second-order valence-corrected chi connectivity index (χ2v) is 6.80. The SMILES string of the molecule is C=C(C)CN=C(N)NCC1CCN(S(C)(=O)=O)C1.I. The van der Waals surface area contributed by atoms with Gasteiger partial charge < -0.3 is 11.1 Å². The lowest BCUT2D eigenvalue weighted by Gasteiger charge is -2.14. The third-order valence-electron chi connectivity index (χ3n) is 2.81. The van der Waals surface area contributed by atoms with Gasteiger partial charge in [0.15, 0.2) is 5.96 Å². The minimum absolute atomic E-state index is 0. The van der Waals surface area contributed by atoms with Crippen molar-refractivity contribution in [3.63, 3.8) is 0 Å². The van der Waals surface area contributed by atoms with E-state index >= 15 is 0 Å². The smallest absolute Gasteiger partial charge is 0.211 e. The first-order chi connectivity index (χ1) is 8.29. The standard InChI is InChI=1S/C11H22N4O2S.HI/c1-9(2)6-13-11(12)14-7-10-4-5-15(8-10)18(3,16)17;/h10H,1,4-8H2,2-3H3,(H3,12,13,14);1H. The number of aliphatic imine (C=N–C) groups is 1. The van der Waals surface area contributed by atoms with Crippen LogP contribution in [0.3, 0.4) is 0 Å². The molecule has 1 aliphatic heterocycles. The number of nitrogens with zero attached hydrogens (tertiary/aromatic N) is 2. The van der Waals surface area contributed by atoms with Crippen LogP contribution in [0.15, 0.2) is 17.1 Å². The van der Waals surface area contributed by atoms with Crippen molar-refractivity contribution < 1.29 is 8.42 Å². The van der Waals surface area contributed by atoms with Crippen LogP contribution in [0.1, 0.15) is 13.3 Å². The van der Waals surface area contributed by atoms with Crippen molar-refractivity contribution in [1.29, 1.82) is 0 Å². The van der Waals surface area contributed by atoms with Crippen LogP contribution in [0.2, 0.25) is 0 Å². The normalized spacial score (nSPS) is 20.9. The number of rotatable bonds is 5. The zero-order valence-corrected chi connectivity index (χ0v) is 14.6. The molecule has 0 radical (unpaired) electrons. The van der Waals surface area contributed by atoms with E-state index in [-0.39, 0.29) is 24.0 Å². The molecule has 1 unspecified atom stereocenters. The van der Waals surface area contributed by atoms with Crippen LogP contribution in [0, 0.1) is 5.92 Å². The predicted molar refractivity (Wildman–Crippen MR) is 89.2 cm³/mol. The lowest BCUT2D eigenvalue weighted by atomic mass is 10.1. The van der Waals surface area contributed by atoms with Gasteiger partial charge in [-0.1, -0.05) is 12.2 Å². The van der Waals surface area contributed by atoms with Crippen LogP contribution in [0.4, 0.5) is 0 Å². The maximum Gasteiger partial charge on any atom is 0.211 e. The summed E-state index contributed by atoms with van der Waals surface area (Å²) in [6, 6.07) is 0. The summed E-state index contributed by atoms with van der Waals surface area (Å²) in [6.45, 7) is 7.93. The summed E-state index contributed by atoms with van der Waals surface area (Å²) < 4.78 is 24.2. The Bertz CT molecular complexity index is 436. The second-order valence-electron chi connectivity index (χ2n) is 4.82. The largest absolute Gasteiger partial charge is 0.370 e. The molecule has 0 aromatic heterocycles. The van der Waals surface area contributed by atoms with Crippen LogP contribution in [0.25, 0.3) is 0 Å². The van der Waals surface area contributed by atoms with Crippen LogP contribution >= 0.6 is 24.0 Å². The van der Waals surface area contributed by atoms with Gasteiger partial charge in [-0.15, -0.1) is 24.0 Å². The minimum Gasteiger partial charge on any atom is -0.370 e. The number of hydrogen-bond donors (Lipinski definition) is 2. The Morgan fingerprint density at radius 3 is 2.68 bits per heavy atom. The van der Waals surface area contributed by atoms with E-state index in [4.69, 9.17) is 5.73 Å². The molecule has 0 spiro atoms. The molecular weight excluding hydrogens is 379 g/mol. The van der Waals surface area contributed by atoms with E-state index in [2.05, 4.69) is 16.9 Å². The summed E-state index contributed by atoms with van der Waals surface area (Å²) in [5, 5.41) is 3.02. The first kappa shape index (κ1) is 18.7. The Morgan fingerprint density at radius 2 is 2.21 bits per heavy atom. The predicted octanol–water partition coefficient (Wildman–Crippen LogP) is 0.366. The van der Waals surface area contributed by atoms with Gasteiger partial charge in [0, 0.05) is 19.6 Å². The molecule has 19 heavy (non-hydrogen) atoms. The number of guanidine groups is 1. The fourth-order valence-electron chi connectivity index (χ4n) is 1.79. The monoisotopic (exact) mass is 402 g/mol. The summed E-state index contributed by atoms with van der Waals surface area (Å²) in [6.07, 6.45) is 2.10. The minimum atomic E-state index is -3.06. The number of nitrogens with two attached hydrogens (primary N) is 1. The van der Waals surface area contributed by atoms with Crippen LogP contribution in [0.5, 0.6) is 0 Å². The lowest BCUT2D eigenvalue weighted by molar-refractivity contribution is 0.459. The Labute approximate surface area is 132 Å². The maximum atomic E-state index is 11.3. The highest BCUT2D eigenvalue weighted by Crippen LogP contribution is 2.17. The molecule has 1 rings (SSSR count). The quantitative estimate of drug-likeness (QED) is 0.301. The first-order valence-electron chi connectivity index (χ1n) is 5.92. The fourth-order valence-corrected chi connectivity index (χ4v) is 2.71. The number of sulfonamides is 1. The van der Waals surface area contributed by atoms with Gasteiger partial charge in [-0.05, 0) is 19.3 Å². The molecule has 1 saturated heterocycles. The molecule has 112 valence electrons. The van der Waals surface area contributed by atoms with Crippen LogP contribution in [-0.2, 0) is 10.0 Å². The Hall–Kier alpha value is -0.350. The third-order valence-corrected chi connectivity index (χ3v) is 4.08. The van der Waals surface area contributed by atoms with Crippen LogP contribution < -0.4 is 11.1 Å². The van der Waals surface area contributed by atoms with Crippen molar-refractivity contribution in [3.8, 4) is 0 Å². The summed E-state index contributed by atoms with van der Waals surface area (Å²) >= 11 is 0. The van der Waals surface area contributed by atoms with E-state index in [1.165, 1.54) is 10.6 Å². The topological polar surface area (TPSA) is 87.8 Å². The van der Waals surface area contributed by atoms with Crippen LogP contribution in [-0.4, -0.2) is 51.1 Å². The molecule has 1 heterocycles. The number of nitrogens with one attached hydrogen (secondary N) is 1. The van der Waals surface area contributed by atoms with Gasteiger partial charge in [-0.25, -0.2) is 17.7 Å². The summed E-state index contributed by atoms with van der Waals surface area (Å²) in [4.78, 5) is 4.10. The Kier molecular flexibility index (Phi) is 7.90. The Balaban J connectivity index is 0.00000324. The molecule has 0 amide bonds. The molecule has 6 nitrogen and oxygen atoms in total. The average Bonchev–Trinajstić information content (AvgIpc) is 2.71. The highest BCUT2D eigenvalue weighted by molar-refractivity contribution is 14.0. The van der Waals surface area contributed by atoms with Gasteiger partial charge in [0.05, 0.1) is 12.8 Å². The Morgan fingerprint density at radius 1 is 1.58 bits per heavy atom. The maximum absolute atomic E-state index is 11.3. The highest BCUT2D eigenvalue weighted by atomic mass is 127. The van der Waals surface area contributed by atoms with Gasteiger partial charge in [0.1, 0.15) is 0 Å². The van der Waals surface area contributed by atoms with E-state index in [9.17, 15) is 8.42 Å². The van der Waals surface area contributed by atoms with E-state index in [1.54, 1.807) is 0 Å². The highest BCUT2D eigenvalue weighted by Gasteiger charge is 2.28. The summed E-state index contributed by atoms with van der Waals surface area (Å²) in [5.41, 5.74) is 6.63. The lowest BCUT2D eigenvalue weighted by Crippen LogP contribution is -2.37. The van der Waals surface area contributed by atoms with Crippen molar-refractivity contribution in [3.05, 3.63) is 12.2 Å². The first-order valence-corrected chi connectivity index (χ1v) is 7.77. The molecular formula is C11H23IN4O2S. The molecule has 0 saturated carbocycles. The molecule has 1 atom stereocenters. The average molecular weight is 402 g/mol. The molecule has 0 aromatic rings. The molecule has 1 fully saturated rings. The third kappa shape index (κ3) is 7.11. The molecule has 8 heteroatoms. The van der Waals surface area contributed by atoms with Gasteiger partial charge in [0.2, 0.25) is 10.0 Å². The van der Waals surface area contributed by atoms with Crippen molar-refractivity contribution >= 4 is 40.0 Å². The summed E-state index contributed by atoms with van der Waals surface area (Å²) in [5.74, 6) is 0.675. The van der Waals surface area contributed by atoms with Gasteiger partial charge >= 0.3 is 0 Å². The van der Waals surface area contributed by atoms with Gasteiger partial charge in [-0.2, -0.15) is 0 Å². The molecule has 1 aliphatic rings. The summed E-state index contributed by atoms with van der Waals surface area (Å²) in [7, 11) is -3.06. The fraction of sp³-hybridized carbons (Fsp3) is 0.727. The van der Waals surface area contributed by atoms with E-state index in [1.807, 2.05) is 6.92 Å². The van der Waals surface area contributed by atoms with Crippen molar-refractivity contribution in [2.75, 3.05) is 32.4 Å². The van der Waals surface area contributed by atoms with Crippen molar-refractivity contribution in [2.24, 2.45) is 16.6 Å². The van der Waals surface area contributed by atoms with E-state index in [0.29, 0.717) is 38.1 Å². The van der Waals surface area contributed by atoms with E-state index in [0.717, 1.165) is 12.0 Å². The van der Waals surface area contributed by atoms with Gasteiger partial charge in [-0.3, -0.25) is 0 Å². The second kappa shape index (κ2) is 8.05. The number of hydrogen-bond acceptors (Lipinski definition) is 3. The van der Waals surface area contributed by atoms with Crippen molar-refractivity contribution in [1.82, 2.24) is 9.62 Å². The zero-order valence-electron chi connectivity index (χ0n) is 11.4. The molecule has 0 bridgehead atoms. The molecule has 0 aromatic carbocycles. The molecule has 0 aliphatic carbocycles. The van der Waals surface area contributed by atoms with E-state index < -0.39 is 10.0 Å². The zero-order chi connectivity index (χ0) is 13.8. The number of halogens is 1. The molecule has 3 N–H and O–H groups in total. The van der Waals surface area contributed by atoms with Gasteiger partial charge in [0.25, 0.3) is 0 Å².